The summed E-state index contributed by atoms with van der Waals surface area (Å²) in [6, 6.07) is 0. The molecule has 2 aliphatic rings. The van der Waals surface area contributed by atoms with Gasteiger partial charge in [-0.25, -0.2) is 0 Å². The zero-order chi connectivity index (χ0) is 7.68. The molecule has 0 heteroatoms. The van der Waals surface area contributed by atoms with Gasteiger partial charge in [0.25, 0.3) is 0 Å². The second-order valence-electron chi connectivity index (χ2n) is 3.71. The lowest BCUT2D eigenvalue weighted by Gasteiger charge is -2.04. The number of allylic oxidation sites excluding steroid dienone is 4. The molecule has 0 aromatic rings. The zero-order valence-corrected chi connectivity index (χ0v) is 7.32. The van der Waals surface area contributed by atoms with E-state index in [0.29, 0.717) is 0 Å². The molecule has 0 heterocycles. The molecule has 60 valence electrons. The van der Waals surface area contributed by atoms with Crippen molar-refractivity contribution >= 4 is 0 Å². The Kier molecular flexibility index (Phi) is 1.85. The summed E-state index contributed by atoms with van der Waals surface area (Å²) in [5, 5.41) is 0. The van der Waals surface area contributed by atoms with Crippen LogP contribution in [0.1, 0.15) is 45.4 Å². The molecule has 0 unspecified atom stereocenters. The Morgan fingerprint density at radius 2 is 2.27 bits per heavy atom. The molecule has 0 amide bonds. The standard InChI is InChI=1S/C11H16/c1-2-3-4-10-7-9-5-6-11(10)8-9/h7H,2-6,8H2,1H3. The van der Waals surface area contributed by atoms with Gasteiger partial charge in [0.1, 0.15) is 0 Å². The molecule has 0 aromatic carbocycles. The Labute approximate surface area is 69.0 Å². The third kappa shape index (κ3) is 1.26. The average molecular weight is 148 g/mol. The van der Waals surface area contributed by atoms with Gasteiger partial charge in [0.15, 0.2) is 0 Å². The molecule has 0 aliphatic heterocycles. The summed E-state index contributed by atoms with van der Waals surface area (Å²) < 4.78 is 0. The topological polar surface area (TPSA) is 0 Å². The molecule has 0 N–H and O–H groups in total. The fourth-order valence-electron chi connectivity index (χ4n) is 2.12. The molecule has 0 radical (unpaired) electrons. The Bertz CT molecular complexity index is 218. The van der Waals surface area contributed by atoms with Gasteiger partial charge in [-0.05, 0) is 37.7 Å². The smallest absolute Gasteiger partial charge is 0.00992 e. The van der Waals surface area contributed by atoms with Crippen LogP contribution in [0.25, 0.3) is 0 Å². The van der Waals surface area contributed by atoms with Crippen molar-refractivity contribution in [3.8, 4) is 0 Å². The van der Waals surface area contributed by atoms with Gasteiger partial charge < -0.3 is 0 Å². The normalized spacial score (nSPS) is 21.4. The number of hydrogen-bond acceptors (Lipinski definition) is 0. The van der Waals surface area contributed by atoms with Gasteiger partial charge in [0.05, 0.1) is 0 Å². The van der Waals surface area contributed by atoms with E-state index in [1.54, 1.807) is 16.7 Å². The van der Waals surface area contributed by atoms with Crippen LogP contribution in [-0.4, -0.2) is 0 Å². The van der Waals surface area contributed by atoms with Crippen LogP contribution in [0.5, 0.6) is 0 Å². The first kappa shape index (κ1) is 7.15. The minimum Gasteiger partial charge on any atom is -0.0656 e. The average Bonchev–Trinajstić information content (AvgIpc) is 2.60. The highest BCUT2D eigenvalue weighted by molar-refractivity contribution is 5.43. The zero-order valence-electron chi connectivity index (χ0n) is 7.32. The van der Waals surface area contributed by atoms with E-state index in [9.17, 15) is 0 Å². The van der Waals surface area contributed by atoms with Gasteiger partial charge in [-0.1, -0.05) is 30.6 Å². The molecule has 0 spiro atoms. The highest BCUT2D eigenvalue weighted by Gasteiger charge is 2.21. The van der Waals surface area contributed by atoms with Crippen LogP contribution < -0.4 is 0 Å². The molecule has 0 nitrogen and oxygen atoms in total. The lowest BCUT2D eigenvalue weighted by molar-refractivity contribution is 0.787. The summed E-state index contributed by atoms with van der Waals surface area (Å²) in [4.78, 5) is 0. The Morgan fingerprint density at radius 1 is 1.36 bits per heavy atom. The van der Waals surface area contributed by atoms with E-state index in [4.69, 9.17) is 0 Å². The number of unbranched alkanes of at least 4 members (excludes halogenated alkanes) is 1. The van der Waals surface area contributed by atoms with Crippen LogP contribution in [0.3, 0.4) is 0 Å². The molecule has 2 bridgehead atoms. The lowest BCUT2D eigenvalue weighted by atomic mass is 10.0. The molecule has 0 atom stereocenters. The van der Waals surface area contributed by atoms with Gasteiger partial charge in [0.2, 0.25) is 0 Å². The molecule has 11 heavy (non-hydrogen) atoms. The Hall–Kier alpha value is -0.520. The van der Waals surface area contributed by atoms with Gasteiger partial charge in [0, 0.05) is 0 Å². The van der Waals surface area contributed by atoms with Crippen LogP contribution in [0, 0.1) is 0 Å². The van der Waals surface area contributed by atoms with Crippen molar-refractivity contribution in [1.82, 2.24) is 0 Å². The second kappa shape index (κ2) is 2.84. The van der Waals surface area contributed by atoms with Crippen molar-refractivity contribution in [3.63, 3.8) is 0 Å². The molecule has 2 rings (SSSR count). The summed E-state index contributed by atoms with van der Waals surface area (Å²) in [7, 11) is 0. The maximum absolute atomic E-state index is 2.45. The molecule has 1 saturated carbocycles. The van der Waals surface area contributed by atoms with E-state index in [1.807, 2.05) is 0 Å². The van der Waals surface area contributed by atoms with E-state index in [-0.39, 0.29) is 0 Å². The van der Waals surface area contributed by atoms with Gasteiger partial charge in [-0.2, -0.15) is 0 Å². The first-order chi connectivity index (χ1) is 5.40. The number of hydrogen-bond donors (Lipinski definition) is 0. The maximum atomic E-state index is 2.45. The van der Waals surface area contributed by atoms with E-state index < -0.39 is 0 Å². The Morgan fingerprint density at radius 3 is 2.82 bits per heavy atom. The predicted octanol–water partition coefficient (Wildman–Crippen LogP) is 3.60. The molecule has 0 saturated heterocycles. The first-order valence-electron chi connectivity index (χ1n) is 4.80. The maximum Gasteiger partial charge on any atom is -0.00992 e. The second-order valence-corrected chi connectivity index (χ2v) is 3.71. The molecule has 1 fully saturated rings. The summed E-state index contributed by atoms with van der Waals surface area (Å²) in [6.45, 7) is 2.27. The molecule has 2 aliphatic carbocycles. The largest absolute Gasteiger partial charge is 0.0656 e. The van der Waals surface area contributed by atoms with Crippen molar-refractivity contribution in [1.29, 1.82) is 0 Å². The third-order valence-electron chi connectivity index (χ3n) is 2.82. The quantitative estimate of drug-likeness (QED) is 0.573. The highest BCUT2D eigenvalue weighted by Crippen LogP contribution is 2.40. The van der Waals surface area contributed by atoms with Crippen molar-refractivity contribution in [2.45, 2.75) is 45.4 Å². The minimum atomic E-state index is 1.33. The fraction of sp³-hybridized carbons (Fsp3) is 0.636. The van der Waals surface area contributed by atoms with Gasteiger partial charge in [-0.3, -0.25) is 0 Å². The van der Waals surface area contributed by atoms with Crippen LogP contribution in [-0.2, 0) is 0 Å². The van der Waals surface area contributed by atoms with Crippen LogP contribution >= 0.6 is 0 Å². The molecular formula is C11H16. The predicted molar refractivity (Wildman–Crippen MR) is 48.5 cm³/mol. The SMILES string of the molecule is CCCCC1=C2CCC(=C1)C2. The molecular weight excluding hydrogens is 132 g/mol. The minimum absolute atomic E-state index is 1.33. The van der Waals surface area contributed by atoms with E-state index in [0.717, 1.165) is 0 Å². The van der Waals surface area contributed by atoms with Crippen molar-refractivity contribution in [3.05, 3.63) is 22.8 Å². The highest BCUT2D eigenvalue weighted by atomic mass is 14.3. The summed E-state index contributed by atoms with van der Waals surface area (Å²) in [5.74, 6) is 0. The summed E-state index contributed by atoms with van der Waals surface area (Å²) in [5.41, 5.74) is 5.15. The lowest BCUT2D eigenvalue weighted by Crippen LogP contribution is -1.84. The van der Waals surface area contributed by atoms with Crippen molar-refractivity contribution in [2.75, 3.05) is 0 Å². The van der Waals surface area contributed by atoms with Crippen LogP contribution in [0.4, 0.5) is 0 Å². The third-order valence-corrected chi connectivity index (χ3v) is 2.82. The monoisotopic (exact) mass is 148 g/mol. The van der Waals surface area contributed by atoms with Crippen molar-refractivity contribution in [2.24, 2.45) is 0 Å². The first-order valence-corrected chi connectivity index (χ1v) is 4.80. The van der Waals surface area contributed by atoms with Crippen molar-refractivity contribution < 1.29 is 0 Å². The van der Waals surface area contributed by atoms with E-state index in [1.165, 1.54) is 38.5 Å². The number of rotatable bonds is 3. The molecule has 0 aromatic heterocycles. The Balaban J connectivity index is 1.99. The summed E-state index contributed by atoms with van der Waals surface area (Å²) >= 11 is 0. The van der Waals surface area contributed by atoms with E-state index >= 15 is 0 Å². The summed E-state index contributed by atoms with van der Waals surface area (Å²) in [6.07, 6.45) is 10.6. The van der Waals surface area contributed by atoms with Crippen LogP contribution in [0.2, 0.25) is 0 Å². The fourth-order valence-corrected chi connectivity index (χ4v) is 2.12. The number of fused-ring (bicyclic) bond motifs is 2. The van der Waals surface area contributed by atoms with E-state index in [2.05, 4.69) is 13.0 Å². The van der Waals surface area contributed by atoms with Crippen LogP contribution in [0.15, 0.2) is 22.8 Å². The van der Waals surface area contributed by atoms with Gasteiger partial charge >= 0.3 is 0 Å². The van der Waals surface area contributed by atoms with Gasteiger partial charge in [-0.15, -0.1) is 0 Å².